The van der Waals surface area contributed by atoms with Crippen molar-refractivity contribution >= 4 is 29.9 Å². The lowest BCUT2D eigenvalue weighted by molar-refractivity contribution is 0.187. The van der Waals surface area contributed by atoms with Crippen molar-refractivity contribution in [3.8, 4) is 0 Å². The molecule has 1 saturated carbocycles. The first-order valence-electron chi connectivity index (χ1n) is 8.72. The molecule has 0 unspecified atom stereocenters. The van der Waals surface area contributed by atoms with E-state index in [1.165, 1.54) is 32.1 Å². The van der Waals surface area contributed by atoms with Crippen LogP contribution in [0.4, 0.5) is 0 Å². The van der Waals surface area contributed by atoms with Crippen LogP contribution in [-0.4, -0.2) is 56.0 Å². The van der Waals surface area contributed by atoms with E-state index in [-0.39, 0.29) is 30.1 Å². The van der Waals surface area contributed by atoms with E-state index in [0.717, 1.165) is 30.6 Å². The normalized spacial score (nSPS) is 22.5. The van der Waals surface area contributed by atoms with Crippen molar-refractivity contribution in [2.45, 2.75) is 64.1 Å². The van der Waals surface area contributed by atoms with E-state index in [1.807, 2.05) is 18.5 Å². The summed E-state index contributed by atoms with van der Waals surface area (Å²) < 4.78 is 1.97. The summed E-state index contributed by atoms with van der Waals surface area (Å²) in [7, 11) is 1.97. The van der Waals surface area contributed by atoms with Crippen LogP contribution in [-0.2, 0) is 13.6 Å². The minimum Gasteiger partial charge on any atom is -0.391 e. The minimum atomic E-state index is -0.245. The molecular weight excluding hydrogens is 419 g/mol. The molecule has 1 aliphatic heterocycles. The fourth-order valence-electron chi connectivity index (χ4n) is 3.33. The van der Waals surface area contributed by atoms with Crippen LogP contribution in [0.25, 0.3) is 0 Å². The average molecular weight is 448 g/mol. The van der Waals surface area contributed by atoms with E-state index >= 15 is 0 Å². The van der Waals surface area contributed by atoms with Crippen molar-refractivity contribution in [2.75, 3.05) is 13.1 Å². The zero-order valence-corrected chi connectivity index (χ0v) is 16.9. The van der Waals surface area contributed by atoms with Crippen molar-refractivity contribution in [3.63, 3.8) is 0 Å². The molecule has 1 saturated heterocycles. The summed E-state index contributed by atoms with van der Waals surface area (Å²) in [5.41, 5.74) is 0. The highest BCUT2D eigenvalue weighted by Crippen LogP contribution is 2.18. The van der Waals surface area contributed by atoms with Gasteiger partial charge in [-0.1, -0.05) is 19.3 Å². The Kier molecular flexibility index (Phi) is 7.27. The molecule has 2 N–H and O–H groups in total. The molecule has 0 amide bonds. The number of likely N-dealkylation sites (tertiary alicyclic amines) is 1. The van der Waals surface area contributed by atoms with Gasteiger partial charge in [0, 0.05) is 26.2 Å². The number of rotatable bonds is 3. The van der Waals surface area contributed by atoms with Crippen molar-refractivity contribution < 1.29 is 5.11 Å². The number of aliphatic imine (C=N–C) groups is 1. The Balaban J connectivity index is 0.00000208. The van der Waals surface area contributed by atoms with E-state index < -0.39 is 0 Å². The van der Waals surface area contributed by atoms with Gasteiger partial charge in [-0.15, -0.1) is 34.2 Å². The van der Waals surface area contributed by atoms with Gasteiger partial charge in [0.05, 0.1) is 6.10 Å². The molecule has 3 rings (SSSR count). The van der Waals surface area contributed by atoms with E-state index in [9.17, 15) is 5.11 Å². The van der Waals surface area contributed by atoms with Crippen molar-refractivity contribution in [2.24, 2.45) is 12.0 Å². The molecule has 0 bridgehead atoms. The highest BCUT2D eigenvalue weighted by atomic mass is 127. The van der Waals surface area contributed by atoms with Crippen molar-refractivity contribution in [1.29, 1.82) is 0 Å². The second kappa shape index (κ2) is 8.98. The molecule has 2 fully saturated rings. The summed E-state index contributed by atoms with van der Waals surface area (Å²) in [5.74, 6) is 2.67. The fourth-order valence-corrected chi connectivity index (χ4v) is 3.33. The number of aliphatic hydroxyl groups is 1. The van der Waals surface area contributed by atoms with E-state index in [1.54, 1.807) is 0 Å². The average Bonchev–Trinajstić information content (AvgIpc) is 3.12. The van der Waals surface area contributed by atoms with Crippen LogP contribution in [0, 0.1) is 6.92 Å². The van der Waals surface area contributed by atoms with Gasteiger partial charge in [0.1, 0.15) is 12.4 Å². The molecule has 1 aliphatic carbocycles. The molecule has 1 atom stereocenters. The van der Waals surface area contributed by atoms with Crippen molar-refractivity contribution in [3.05, 3.63) is 11.6 Å². The summed E-state index contributed by atoms with van der Waals surface area (Å²) in [6.07, 6.45) is 6.90. The van der Waals surface area contributed by atoms with Gasteiger partial charge in [-0.2, -0.15) is 0 Å². The second-order valence-electron chi connectivity index (χ2n) is 6.73. The van der Waals surface area contributed by atoms with Crippen LogP contribution in [0.2, 0.25) is 0 Å². The first kappa shape index (κ1) is 19.4. The van der Waals surface area contributed by atoms with Crippen LogP contribution >= 0.6 is 24.0 Å². The minimum absolute atomic E-state index is 0. The summed E-state index contributed by atoms with van der Waals surface area (Å²) in [5, 5.41) is 21.7. The number of halogens is 1. The maximum absolute atomic E-state index is 9.84. The molecule has 2 heterocycles. The number of aryl methyl sites for hydroxylation is 1. The zero-order valence-electron chi connectivity index (χ0n) is 14.6. The molecule has 0 spiro atoms. The number of nitrogens with zero attached hydrogens (tertiary/aromatic N) is 5. The first-order valence-corrected chi connectivity index (χ1v) is 8.72. The molecule has 1 aromatic heterocycles. The molecule has 8 heteroatoms. The largest absolute Gasteiger partial charge is 0.391 e. The van der Waals surface area contributed by atoms with Gasteiger partial charge in [-0.25, -0.2) is 4.99 Å². The van der Waals surface area contributed by atoms with E-state index in [4.69, 9.17) is 4.99 Å². The predicted octanol–water partition coefficient (Wildman–Crippen LogP) is 1.59. The third-order valence-corrected chi connectivity index (χ3v) is 4.95. The fraction of sp³-hybridized carbons (Fsp3) is 0.812. The lowest BCUT2D eigenvalue weighted by Gasteiger charge is -2.29. The Labute approximate surface area is 160 Å². The van der Waals surface area contributed by atoms with Crippen molar-refractivity contribution in [1.82, 2.24) is 25.0 Å². The number of β-amino-alcohol motifs (C(OH)–C–C–N with tert-alkyl or cyclic N) is 1. The molecule has 0 aromatic carbocycles. The number of nitrogens with one attached hydrogen (secondary N) is 1. The topological polar surface area (TPSA) is 78.6 Å². The van der Waals surface area contributed by atoms with Gasteiger partial charge in [0.15, 0.2) is 11.8 Å². The highest BCUT2D eigenvalue weighted by molar-refractivity contribution is 14.0. The van der Waals surface area contributed by atoms with Crippen LogP contribution in [0.5, 0.6) is 0 Å². The third-order valence-electron chi connectivity index (χ3n) is 4.95. The quantitative estimate of drug-likeness (QED) is 0.417. The molecule has 136 valence electrons. The van der Waals surface area contributed by atoms with Crippen LogP contribution in [0.15, 0.2) is 4.99 Å². The number of aliphatic hydroxyl groups excluding tert-OH is 1. The highest BCUT2D eigenvalue weighted by Gasteiger charge is 2.25. The van der Waals surface area contributed by atoms with Gasteiger partial charge in [-0.3, -0.25) is 0 Å². The molecule has 0 radical (unpaired) electrons. The number of hydrogen-bond donors (Lipinski definition) is 2. The Morgan fingerprint density at radius 3 is 2.58 bits per heavy atom. The lowest BCUT2D eigenvalue weighted by Crippen LogP contribution is -2.46. The molecular formula is C16H29IN6O. The Bertz CT molecular complexity index is 555. The van der Waals surface area contributed by atoms with Crippen LogP contribution in [0.1, 0.15) is 50.2 Å². The summed E-state index contributed by atoms with van der Waals surface area (Å²) in [6.45, 7) is 3.98. The van der Waals surface area contributed by atoms with Crippen LogP contribution in [0.3, 0.4) is 0 Å². The number of aromatic nitrogens is 3. The van der Waals surface area contributed by atoms with Gasteiger partial charge in [0.2, 0.25) is 0 Å². The summed E-state index contributed by atoms with van der Waals surface area (Å²) in [6, 6.07) is 0.501. The summed E-state index contributed by atoms with van der Waals surface area (Å²) >= 11 is 0. The number of guanidine groups is 1. The van der Waals surface area contributed by atoms with Gasteiger partial charge < -0.3 is 19.9 Å². The molecule has 2 aliphatic rings. The van der Waals surface area contributed by atoms with Gasteiger partial charge >= 0.3 is 0 Å². The lowest BCUT2D eigenvalue weighted by atomic mass is 9.96. The second-order valence-corrected chi connectivity index (χ2v) is 6.73. The monoisotopic (exact) mass is 448 g/mol. The first-order chi connectivity index (χ1) is 11.1. The zero-order chi connectivity index (χ0) is 16.2. The predicted molar refractivity (Wildman–Crippen MR) is 104 cm³/mol. The Morgan fingerprint density at radius 2 is 2.00 bits per heavy atom. The third kappa shape index (κ3) is 4.81. The van der Waals surface area contributed by atoms with Gasteiger partial charge in [-0.05, 0) is 26.2 Å². The molecule has 24 heavy (non-hydrogen) atoms. The van der Waals surface area contributed by atoms with Gasteiger partial charge in [0.25, 0.3) is 0 Å². The van der Waals surface area contributed by atoms with Crippen LogP contribution < -0.4 is 5.32 Å². The SMILES string of the molecule is Cc1nnc(CN=C(NC2CCCCC2)N2CC[C@@H](O)C2)n1C.I. The Morgan fingerprint density at radius 1 is 1.25 bits per heavy atom. The number of hydrogen-bond acceptors (Lipinski definition) is 4. The summed E-state index contributed by atoms with van der Waals surface area (Å²) in [4.78, 5) is 6.94. The Hall–Kier alpha value is -0.900. The molecule has 7 nitrogen and oxygen atoms in total. The van der Waals surface area contributed by atoms with E-state index in [0.29, 0.717) is 19.1 Å². The maximum Gasteiger partial charge on any atom is 0.194 e. The smallest absolute Gasteiger partial charge is 0.194 e. The standard InChI is InChI=1S/C16H28N6O.HI/c1-12-19-20-15(21(12)2)10-17-16(22-9-8-14(23)11-22)18-13-6-4-3-5-7-13;/h13-14,23H,3-11H2,1-2H3,(H,17,18);1H/t14-;/m1./s1. The van der Waals surface area contributed by atoms with E-state index in [2.05, 4.69) is 20.4 Å². The maximum atomic E-state index is 9.84. The molecule has 1 aromatic rings.